The van der Waals surface area contributed by atoms with E-state index in [9.17, 15) is 14.2 Å². The first-order valence-electron chi connectivity index (χ1n) is 13.0. The highest BCUT2D eigenvalue weighted by Crippen LogP contribution is 2.35. The second kappa shape index (κ2) is 22.3. The third kappa shape index (κ3) is 23.9. The number of phosphoric ester groups is 1. The van der Waals surface area contributed by atoms with Gasteiger partial charge in [-0.15, -0.1) is 0 Å². The van der Waals surface area contributed by atoms with E-state index in [1.807, 2.05) is 0 Å². The van der Waals surface area contributed by atoms with E-state index in [2.05, 4.69) is 30.5 Å². The minimum Gasteiger partial charge on any atom is -0.462 e. The van der Waals surface area contributed by atoms with E-state index < -0.39 is 32.5 Å². The van der Waals surface area contributed by atoms with Crippen LogP contribution in [0.2, 0.25) is 0 Å². The van der Waals surface area contributed by atoms with Crippen molar-refractivity contribution in [2.75, 3.05) is 13.2 Å². The lowest BCUT2D eigenvalue weighted by Gasteiger charge is -2.18. The lowest BCUT2D eigenvalue weighted by atomic mass is 10.1. The Kier molecular flexibility index (Phi) is 21.5. The molecule has 0 aromatic rings. The van der Waals surface area contributed by atoms with Gasteiger partial charge in [0.1, 0.15) is 6.61 Å². The summed E-state index contributed by atoms with van der Waals surface area (Å²) in [5.74, 6) is -0.911. The summed E-state index contributed by atoms with van der Waals surface area (Å²) in [7, 11) is -4.72. The molecule has 0 aromatic heterocycles. The second-order valence-electron chi connectivity index (χ2n) is 8.67. The quantitative estimate of drug-likeness (QED) is 0.0708. The molecule has 0 bridgehead atoms. The molecule has 34 heavy (non-hydrogen) atoms. The Balaban J connectivity index is 4.12. The van der Waals surface area contributed by atoms with E-state index in [0.29, 0.717) is 12.8 Å². The maximum Gasteiger partial charge on any atom is 0.469 e. The standard InChI is InChI=1S/C25H47O8P/c1-3-5-7-9-11-12-13-14-16-17-19-24(26)31-21-23(22-32-34(28,29)30)33-25(27)20-18-15-10-8-6-4-2/h7,9,23H,3-6,8,10-22H2,1-2H3,(H2,28,29,30)/b9-7+/t23-/m1/s1. The van der Waals surface area contributed by atoms with Gasteiger partial charge in [0.2, 0.25) is 0 Å². The van der Waals surface area contributed by atoms with Gasteiger partial charge in [-0.2, -0.15) is 0 Å². The first-order valence-corrected chi connectivity index (χ1v) is 14.5. The van der Waals surface area contributed by atoms with Gasteiger partial charge in [0.05, 0.1) is 6.61 Å². The number of hydrogen-bond acceptors (Lipinski definition) is 6. The van der Waals surface area contributed by atoms with Crippen LogP contribution in [0.1, 0.15) is 117 Å². The smallest absolute Gasteiger partial charge is 0.462 e. The van der Waals surface area contributed by atoms with E-state index in [1.165, 1.54) is 12.8 Å². The number of hydrogen-bond donors (Lipinski definition) is 2. The summed E-state index contributed by atoms with van der Waals surface area (Å²) in [5.41, 5.74) is 0. The zero-order valence-electron chi connectivity index (χ0n) is 21.3. The van der Waals surface area contributed by atoms with Crippen molar-refractivity contribution in [1.82, 2.24) is 0 Å². The van der Waals surface area contributed by atoms with Crippen LogP contribution >= 0.6 is 7.82 Å². The summed E-state index contributed by atoms with van der Waals surface area (Å²) in [6.07, 6.45) is 18.4. The molecule has 0 aliphatic carbocycles. The fraction of sp³-hybridized carbons (Fsp3) is 0.840. The minimum absolute atomic E-state index is 0.209. The molecule has 200 valence electrons. The van der Waals surface area contributed by atoms with Crippen LogP contribution in [-0.2, 0) is 28.2 Å². The van der Waals surface area contributed by atoms with Crippen molar-refractivity contribution < 1.29 is 37.9 Å². The topological polar surface area (TPSA) is 119 Å². The molecule has 0 amide bonds. The number of carbonyl (C=O) groups is 2. The monoisotopic (exact) mass is 506 g/mol. The van der Waals surface area contributed by atoms with Crippen molar-refractivity contribution in [2.24, 2.45) is 0 Å². The van der Waals surface area contributed by atoms with Crippen molar-refractivity contribution in [2.45, 2.75) is 123 Å². The molecule has 0 aromatic carbocycles. The van der Waals surface area contributed by atoms with Gasteiger partial charge in [-0.05, 0) is 32.1 Å². The molecular formula is C25H47O8P. The molecular weight excluding hydrogens is 459 g/mol. The Hall–Kier alpha value is -1.21. The Morgan fingerprint density at radius 2 is 1.29 bits per heavy atom. The molecule has 0 fully saturated rings. The van der Waals surface area contributed by atoms with E-state index in [1.54, 1.807) is 0 Å². The summed E-state index contributed by atoms with van der Waals surface area (Å²) in [6, 6.07) is 0. The van der Waals surface area contributed by atoms with Crippen LogP contribution in [-0.4, -0.2) is 41.0 Å². The Morgan fingerprint density at radius 1 is 0.735 bits per heavy atom. The van der Waals surface area contributed by atoms with E-state index in [4.69, 9.17) is 19.3 Å². The fourth-order valence-electron chi connectivity index (χ4n) is 3.31. The first-order chi connectivity index (χ1) is 16.3. The summed E-state index contributed by atoms with van der Waals surface area (Å²) in [6.45, 7) is 3.48. The van der Waals surface area contributed by atoms with Crippen LogP contribution in [0, 0.1) is 0 Å². The van der Waals surface area contributed by atoms with Crippen molar-refractivity contribution in [3.63, 3.8) is 0 Å². The molecule has 0 radical (unpaired) electrons. The molecule has 2 N–H and O–H groups in total. The summed E-state index contributed by atoms with van der Waals surface area (Å²) >= 11 is 0. The van der Waals surface area contributed by atoms with Crippen molar-refractivity contribution >= 4 is 19.8 Å². The van der Waals surface area contributed by atoms with Crippen LogP contribution in [0.5, 0.6) is 0 Å². The third-order valence-electron chi connectivity index (χ3n) is 5.27. The molecule has 0 unspecified atom stereocenters. The number of esters is 2. The van der Waals surface area contributed by atoms with Gasteiger partial charge in [-0.1, -0.05) is 83.8 Å². The van der Waals surface area contributed by atoms with E-state index in [0.717, 1.165) is 64.2 Å². The first kappa shape index (κ1) is 32.8. The van der Waals surface area contributed by atoms with Crippen LogP contribution < -0.4 is 0 Å². The van der Waals surface area contributed by atoms with Crippen LogP contribution in [0.4, 0.5) is 0 Å². The molecule has 9 heteroatoms. The van der Waals surface area contributed by atoms with Gasteiger partial charge < -0.3 is 19.3 Å². The SMILES string of the molecule is CCC/C=C/CCCCCCCC(=O)OC[C@H](COP(=O)(O)O)OC(=O)CCCCCCCC. The van der Waals surface area contributed by atoms with Gasteiger partial charge in [-0.25, -0.2) is 4.57 Å². The second-order valence-corrected chi connectivity index (χ2v) is 9.90. The largest absolute Gasteiger partial charge is 0.469 e. The van der Waals surface area contributed by atoms with Gasteiger partial charge in [0, 0.05) is 12.8 Å². The Morgan fingerprint density at radius 3 is 1.91 bits per heavy atom. The van der Waals surface area contributed by atoms with Crippen molar-refractivity contribution in [1.29, 1.82) is 0 Å². The maximum absolute atomic E-state index is 12.1. The average Bonchev–Trinajstić information content (AvgIpc) is 2.78. The normalized spacial score (nSPS) is 12.7. The number of rotatable bonds is 23. The van der Waals surface area contributed by atoms with Crippen molar-refractivity contribution in [3.05, 3.63) is 12.2 Å². The summed E-state index contributed by atoms with van der Waals surface area (Å²) in [5, 5.41) is 0. The minimum atomic E-state index is -4.72. The lowest BCUT2D eigenvalue weighted by Crippen LogP contribution is -2.29. The van der Waals surface area contributed by atoms with E-state index in [-0.39, 0.29) is 19.4 Å². The van der Waals surface area contributed by atoms with Gasteiger partial charge in [0.15, 0.2) is 6.10 Å². The van der Waals surface area contributed by atoms with E-state index >= 15 is 0 Å². The Labute approximate surface area is 206 Å². The van der Waals surface area contributed by atoms with Crippen molar-refractivity contribution in [3.8, 4) is 0 Å². The molecule has 0 rings (SSSR count). The van der Waals surface area contributed by atoms with Gasteiger partial charge >= 0.3 is 19.8 Å². The van der Waals surface area contributed by atoms with Gasteiger partial charge in [-0.3, -0.25) is 14.1 Å². The summed E-state index contributed by atoms with van der Waals surface area (Å²) < 4.78 is 25.9. The zero-order chi connectivity index (χ0) is 25.5. The van der Waals surface area contributed by atoms with Crippen LogP contribution in [0.3, 0.4) is 0 Å². The predicted octanol–water partition coefficient (Wildman–Crippen LogP) is 6.39. The molecule has 0 aliphatic heterocycles. The summed E-state index contributed by atoms with van der Waals surface area (Å²) in [4.78, 5) is 41.9. The maximum atomic E-state index is 12.1. The van der Waals surface area contributed by atoms with Crippen LogP contribution in [0.25, 0.3) is 0 Å². The number of phosphoric acid groups is 1. The third-order valence-corrected chi connectivity index (χ3v) is 5.75. The molecule has 0 aliphatic rings. The lowest BCUT2D eigenvalue weighted by molar-refractivity contribution is -0.161. The number of unbranched alkanes of at least 4 members (excludes halogenated alkanes) is 11. The molecule has 8 nitrogen and oxygen atoms in total. The number of ether oxygens (including phenoxy) is 2. The number of allylic oxidation sites excluding steroid dienone is 2. The van der Waals surface area contributed by atoms with Crippen LogP contribution in [0.15, 0.2) is 12.2 Å². The zero-order valence-corrected chi connectivity index (χ0v) is 22.1. The highest BCUT2D eigenvalue weighted by Gasteiger charge is 2.22. The predicted molar refractivity (Wildman–Crippen MR) is 133 cm³/mol. The molecule has 0 saturated heterocycles. The highest BCUT2D eigenvalue weighted by atomic mass is 31.2. The molecule has 0 spiro atoms. The average molecular weight is 507 g/mol. The Bertz CT molecular complexity index is 587. The van der Waals surface area contributed by atoms with Gasteiger partial charge in [0.25, 0.3) is 0 Å². The fourth-order valence-corrected chi connectivity index (χ4v) is 3.67. The molecule has 0 heterocycles. The highest BCUT2D eigenvalue weighted by molar-refractivity contribution is 7.46. The molecule has 1 atom stereocenters. The molecule has 0 saturated carbocycles. The number of carbonyl (C=O) groups excluding carboxylic acids is 2.